The number of hydrogen-bond donors (Lipinski definition) is 1. The van der Waals surface area contributed by atoms with Gasteiger partial charge in [-0.25, -0.2) is 4.39 Å². The second-order valence-corrected chi connectivity index (χ2v) is 6.33. The Morgan fingerprint density at radius 1 is 1.00 bits per heavy atom. The van der Waals surface area contributed by atoms with Crippen molar-refractivity contribution in [2.24, 2.45) is 5.73 Å². The van der Waals surface area contributed by atoms with Crippen LogP contribution in [0.3, 0.4) is 0 Å². The van der Waals surface area contributed by atoms with Crippen molar-refractivity contribution in [3.63, 3.8) is 0 Å². The first-order chi connectivity index (χ1) is 13.0. The molecule has 0 unspecified atom stereocenters. The highest BCUT2D eigenvalue weighted by molar-refractivity contribution is 5.81. The molecule has 2 N–H and O–H groups in total. The van der Waals surface area contributed by atoms with Gasteiger partial charge in [-0.1, -0.05) is 48.5 Å². The average molecular weight is 364 g/mol. The summed E-state index contributed by atoms with van der Waals surface area (Å²) in [5.74, 6) is 0.318. The molecule has 3 aromatic rings. The molecule has 5 heteroatoms. The molecule has 3 aromatic carbocycles. The van der Waals surface area contributed by atoms with E-state index in [4.69, 9.17) is 10.5 Å². The van der Waals surface area contributed by atoms with E-state index in [1.54, 1.807) is 12.1 Å². The van der Waals surface area contributed by atoms with E-state index in [1.807, 2.05) is 66.5 Å². The molecule has 0 saturated carbocycles. The molecule has 0 saturated heterocycles. The third-order valence-corrected chi connectivity index (χ3v) is 4.21. The van der Waals surface area contributed by atoms with Gasteiger partial charge in [0.1, 0.15) is 23.4 Å². The lowest BCUT2D eigenvalue weighted by molar-refractivity contribution is -0.123. The number of rotatable bonds is 7. The van der Waals surface area contributed by atoms with E-state index in [9.17, 15) is 9.18 Å². The van der Waals surface area contributed by atoms with Crippen LogP contribution >= 0.6 is 0 Å². The maximum absolute atomic E-state index is 13.2. The van der Waals surface area contributed by atoms with Gasteiger partial charge < -0.3 is 10.5 Å². The largest absolute Gasteiger partial charge is 0.457 e. The van der Waals surface area contributed by atoms with Crippen LogP contribution < -0.4 is 10.5 Å². The minimum Gasteiger partial charge on any atom is -0.457 e. The summed E-state index contributed by atoms with van der Waals surface area (Å²) in [6, 6.07) is 22.4. The van der Waals surface area contributed by atoms with Gasteiger partial charge in [-0.3, -0.25) is 9.69 Å². The molecular formula is C22H21FN2O2. The van der Waals surface area contributed by atoms with Crippen LogP contribution in [0.2, 0.25) is 0 Å². The molecule has 0 aromatic heterocycles. The third kappa shape index (κ3) is 4.92. The first-order valence-corrected chi connectivity index (χ1v) is 8.60. The molecule has 4 nitrogen and oxygen atoms in total. The SMILES string of the molecule is CN(Cc1ccc(Oc2cccc(F)c2)cc1)[C@H](C(N)=O)c1ccccc1. The molecule has 1 amide bonds. The minimum absolute atomic E-state index is 0.343. The highest BCUT2D eigenvalue weighted by Gasteiger charge is 2.22. The highest BCUT2D eigenvalue weighted by atomic mass is 19.1. The fourth-order valence-corrected chi connectivity index (χ4v) is 2.98. The van der Waals surface area contributed by atoms with E-state index in [2.05, 4.69) is 0 Å². The Morgan fingerprint density at radius 2 is 1.70 bits per heavy atom. The number of amides is 1. The van der Waals surface area contributed by atoms with Crippen molar-refractivity contribution < 1.29 is 13.9 Å². The van der Waals surface area contributed by atoms with Crippen LogP contribution in [0, 0.1) is 5.82 Å². The molecule has 138 valence electrons. The molecule has 1 atom stereocenters. The van der Waals surface area contributed by atoms with Crippen LogP contribution in [0.25, 0.3) is 0 Å². The average Bonchev–Trinajstić information content (AvgIpc) is 2.64. The zero-order chi connectivity index (χ0) is 19.2. The lowest BCUT2D eigenvalue weighted by Crippen LogP contribution is -2.34. The molecule has 27 heavy (non-hydrogen) atoms. The van der Waals surface area contributed by atoms with Crippen molar-refractivity contribution >= 4 is 5.91 Å². The van der Waals surface area contributed by atoms with Crippen LogP contribution in [-0.4, -0.2) is 17.9 Å². The number of benzene rings is 3. The molecule has 0 heterocycles. The van der Waals surface area contributed by atoms with Gasteiger partial charge in [-0.2, -0.15) is 0 Å². The van der Waals surface area contributed by atoms with E-state index in [1.165, 1.54) is 12.1 Å². The van der Waals surface area contributed by atoms with E-state index in [0.717, 1.165) is 11.1 Å². The maximum Gasteiger partial charge on any atom is 0.239 e. The predicted octanol–water partition coefficient (Wildman–Crippen LogP) is 4.28. The summed E-state index contributed by atoms with van der Waals surface area (Å²) in [6.45, 7) is 0.544. The quantitative estimate of drug-likeness (QED) is 0.681. The number of ether oxygens (including phenoxy) is 1. The standard InChI is InChI=1S/C22H21FN2O2/c1-25(21(22(24)26)17-6-3-2-4-7-17)15-16-10-12-19(13-11-16)27-20-9-5-8-18(23)14-20/h2-14,21H,15H2,1H3,(H2,24,26)/t21-/m0/s1. The summed E-state index contributed by atoms with van der Waals surface area (Å²) < 4.78 is 18.9. The topological polar surface area (TPSA) is 55.6 Å². The Bertz CT molecular complexity index is 898. The van der Waals surface area contributed by atoms with Gasteiger partial charge in [-0.15, -0.1) is 0 Å². The van der Waals surface area contributed by atoms with Crippen molar-refractivity contribution in [1.82, 2.24) is 4.90 Å². The van der Waals surface area contributed by atoms with Crippen LogP contribution in [-0.2, 0) is 11.3 Å². The molecule has 0 aliphatic rings. The molecule has 0 fully saturated rings. The lowest BCUT2D eigenvalue weighted by atomic mass is 10.0. The predicted molar refractivity (Wildman–Crippen MR) is 103 cm³/mol. The van der Waals surface area contributed by atoms with Gasteiger partial charge in [0.25, 0.3) is 0 Å². The Morgan fingerprint density at radius 3 is 2.33 bits per heavy atom. The van der Waals surface area contributed by atoms with E-state index in [-0.39, 0.29) is 5.82 Å². The Kier molecular flexibility index (Phi) is 5.84. The second kappa shape index (κ2) is 8.47. The summed E-state index contributed by atoms with van der Waals surface area (Å²) in [7, 11) is 1.86. The summed E-state index contributed by atoms with van der Waals surface area (Å²) in [5.41, 5.74) is 7.48. The lowest BCUT2D eigenvalue weighted by Gasteiger charge is -2.26. The first-order valence-electron chi connectivity index (χ1n) is 8.60. The first kappa shape index (κ1) is 18.6. The number of likely N-dealkylation sites (N-methyl/N-ethyl adjacent to an activating group) is 1. The van der Waals surface area contributed by atoms with Crippen molar-refractivity contribution in [1.29, 1.82) is 0 Å². The molecular weight excluding hydrogens is 343 g/mol. The molecule has 0 aliphatic heterocycles. The van der Waals surface area contributed by atoms with Crippen molar-refractivity contribution in [2.75, 3.05) is 7.05 Å². The third-order valence-electron chi connectivity index (χ3n) is 4.21. The van der Waals surface area contributed by atoms with Crippen LogP contribution in [0.15, 0.2) is 78.9 Å². The van der Waals surface area contributed by atoms with E-state index < -0.39 is 11.9 Å². The summed E-state index contributed by atoms with van der Waals surface area (Å²) in [5, 5.41) is 0. The van der Waals surface area contributed by atoms with Crippen LogP contribution in [0.1, 0.15) is 17.2 Å². The van der Waals surface area contributed by atoms with Gasteiger partial charge in [0.15, 0.2) is 0 Å². The minimum atomic E-state index is -0.505. The van der Waals surface area contributed by atoms with Gasteiger partial charge in [0, 0.05) is 12.6 Å². The summed E-state index contributed by atoms with van der Waals surface area (Å²) >= 11 is 0. The van der Waals surface area contributed by atoms with Crippen molar-refractivity contribution in [3.8, 4) is 11.5 Å². The van der Waals surface area contributed by atoms with E-state index >= 15 is 0 Å². The Hall–Kier alpha value is -3.18. The molecule has 0 bridgehead atoms. The van der Waals surface area contributed by atoms with Crippen molar-refractivity contribution in [2.45, 2.75) is 12.6 Å². The van der Waals surface area contributed by atoms with Crippen LogP contribution in [0.5, 0.6) is 11.5 Å². The zero-order valence-electron chi connectivity index (χ0n) is 15.0. The van der Waals surface area contributed by atoms with Gasteiger partial charge in [0.05, 0.1) is 0 Å². The zero-order valence-corrected chi connectivity index (χ0v) is 15.0. The van der Waals surface area contributed by atoms with Crippen molar-refractivity contribution in [3.05, 3.63) is 95.8 Å². The fraction of sp³-hybridized carbons (Fsp3) is 0.136. The fourth-order valence-electron chi connectivity index (χ4n) is 2.98. The monoisotopic (exact) mass is 364 g/mol. The number of carbonyl (C=O) groups excluding carboxylic acids is 1. The number of nitrogens with zero attached hydrogens (tertiary/aromatic N) is 1. The number of carbonyl (C=O) groups is 1. The number of halogens is 1. The summed E-state index contributed by atoms with van der Waals surface area (Å²) in [4.78, 5) is 13.8. The Labute approximate surface area is 158 Å². The normalized spacial score (nSPS) is 12.0. The number of primary amides is 1. The maximum atomic E-state index is 13.2. The molecule has 3 rings (SSSR count). The van der Waals surface area contributed by atoms with Gasteiger partial charge in [0.2, 0.25) is 5.91 Å². The number of nitrogens with two attached hydrogens (primary N) is 1. The van der Waals surface area contributed by atoms with Gasteiger partial charge >= 0.3 is 0 Å². The van der Waals surface area contributed by atoms with E-state index in [0.29, 0.717) is 18.0 Å². The molecule has 0 radical (unpaired) electrons. The Balaban J connectivity index is 1.69. The smallest absolute Gasteiger partial charge is 0.239 e. The number of hydrogen-bond acceptors (Lipinski definition) is 3. The molecule has 0 spiro atoms. The second-order valence-electron chi connectivity index (χ2n) is 6.33. The van der Waals surface area contributed by atoms with Gasteiger partial charge in [-0.05, 0) is 42.4 Å². The summed E-state index contributed by atoms with van der Waals surface area (Å²) in [6.07, 6.45) is 0. The van der Waals surface area contributed by atoms with Crippen LogP contribution in [0.4, 0.5) is 4.39 Å². The highest BCUT2D eigenvalue weighted by Crippen LogP contribution is 2.24. The molecule has 0 aliphatic carbocycles.